The lowest BCUT2D eigenvalue weighted by molar-refractivity contribution is 0.184. The highest BCUT2D eigenvalue weighted by Gasteiger charge is 2.05. The summed E-state index contributed by atoms with van der Waals surface area (Å²) >= 11 is 0. The van der Waals surface area contributed by atoms with Crippen molar-refractivity contribution in [2.45, 2.75) is 26.5 Å². The fourth-order valence-electron chi connectivity index (χ4n) is 2.12. The van der Waals surface area contributed by atoms with E-state index in [0.717, 1.165) is 23.4 Å². The Hall–Kier alpha value is -1.91. The molecule has 4 heteroatoms. The molecule has 4 nitrogen and oxygen atoms in total. The summed E-state index contributed by atoms with van der Waals surface area (Å²) < 4.78 is 10.9. The van der Waals surface area contributed by atoms with E-state index < -0.39 is 0 Å². The van der Waals surface area contributed by atoms with E-state index in [1.807, 2.05) is 42.6 Å². The number of nitrogens with one attached hydrogen (secondary N) is 1. The van der Waals surface area contributed by atoms with Gasteiger partial charge >= 0.3 is 0 Å². The number of benzene rings is 1. The Balaban J connectivity index is 2.04. The maximum absolute atomic E-state index is 5.77. The molecule has 0 amide bonds. The minimum absolute atomic E-state index is 0.293. The molecule has 0 radical (unpaired) electrons. The largest absolute Gasteiger partial charge is 0.439 e. The van der Waals surface area contributed by atoms with Crippen LogP contribution < -0.4 is 10.1 Å². The number of ether oxygens (including phenoxy) is 2. The van der Waals surface area contributed by atoms with Crippen LogP contribution in [-0.4, -0.2) is 18.6 Å². The number of hydrogen-bond acceptors (Lipinski definition) is 4. The molecule has 1 unspecified atom stereocenters. The first-order valence-corrected chi connectivity index (χ1v) is 7.18. The monoisotopic (exact) mass is 286 g/mol. The first kappa shape index (κ1) is 15.5. The summed E-state index contributed by atoms with van der Waals surface area (Å²) in [6, 6.07) is 12.1. The van der Waals surface area contributed by atoms with Crippen LogP contribution in [0.4, 0.5) is 0 Å². The molecule has 2 aromatic rings. The van der Waals surface area contributed by atoms with Gasteiger partial charge in [-0.05, 0) is 36.7 Å². The Labute approximate surface area is 126 Å². The van der Waals surface area contributed by atoms with Crippen molar-refractivity contribution in [3.63, 3.8) is 0 Å². The second kappa shape index (κ2) is 7.76. The van der Waals surface area contributed by atoms with Crippen molar-refractivity contribution >= 4 is 0 Å². The Morgan fingerprint density at radius 3 is 2.76 bits per heavy atom. The minimum Gasteiger partial charge on any atom is -0.439 e. The summed E-state index contributed by atoms with van der Waals surface area (Å²) in [5, 5.41) is 3.36. The molecule has 1 N–H and O–H groups in total. The predicted molar refractivity (Wildman–Crippen MR) is 83.6 cm³/mol. The van der Waals surface area contributed by atoms with Crippen molar-refractivity contribution in [1.82, 2.24) is 10.3 Å². The van der Waals surface area contributed by atoms with Crippen LogP contribution >= 0.6 is 0 Å². The highest BCUT2D eigenvalue weighted by Crippen LogP contribution is 2.22. The molecule has 0 bridgehead atoms. The third-order valence-electron chi connectivity index (χ3n) is 3.20. The summed E-state index contributed by atoms with van der Waals surface area (Å²) in [7, 11) is 1.68. The van der Waals surface area contributed by atoms with Gasteiger partial charge in [-0.3, -0.25) is 0 Å². The zero-order chi connectivity index (χ0) is 15.1. The molecule has 1 heterocycles. The number of nitrogens with zero attached hydrogens (tertiary/aromatic N) is 1. The van der Waals surface area contributed by atoms with Crippen LogP contribution in [0.5, 0.6) is 11.6 Å². The van der Waals surface area contributed by atoms with E-state index in [4.69, 9.17) is 9.47 Å². The van der Waals surface area contributed by atoms with E-state index in [0.29, 0.717) is 18.5 Å². The van der Waals surface area contributed by atoms with Gasteiger partial charge in [-0.1, -0.05) is 25.1 Å². The van der Waals surface area contributed by atoms with Crippen molar-refractivity contribution in [2.75, 3.05) is 13.7 Å². The molecule has 0 aliphatic carbocycles. The van der Waals surface area contributed by atoms with Crippen molar-refractivity contribution in [3.05, 3.63) is 53.7 Å². The van der Waals surface area contributed by atoms with Gasteiger partial charge < -0.3 is 14.8 Å². The maximum Gasteiger partial charge on any atom is 0.219 e. The van der Waals surface area contributed by atoms with Gasteiger partial charge in [0.1, 0.15) is 5.75 Å². The van der Waals surface area contributed by atoms with Crippen LogP contribution in [0.2, 0.25) is 0 Å². The Morgan fingerprint density at radius 1 is 1.24 bits per heavy atom. The predicted octanol–water partition coefficient (Wildman–Crippen LogP) is 3.69. The van der Waals surface area contributed by atoms with E-state index in [-0.39, 0.29) is 0 Å². The van der Waals surface area contributed by atoms with Gasteiger partial charge in [-0.2, -0.15) is 0 Å². The van der Waals surface area contributed by atoms with Gasteiger partial charge in [0.25, 0.3) is 0 Å². The first-order chi connectivity index (χ1) is 10.2. The molecule has 0 spiro atoms. The van der Waals surface area contributed by atoms with Gasteiger partial charge in [0, 0.05) is 25.4 Å². The molecule has 0 fully saturated rings. The molecule has 112 valence electrons. The molecule has 1 aromatic carbocycles. The number of pyridine rings is 1. The smallest absolute Gasteiger partial charge is 0.219 e. The van der Waals surface area contributed by atoms with E-state index in [1.165, 1.54) is 0 Å². The molecular weight excluding hydrogens is 264 g/mol. The fourth-order valence-corrected chi connectivity index (χ4v) is 2.12. The van der Waals surface area contributed by atoms with E-state index in [2.05, 4.69) is 24.1 Å². The number of hydrogen-bond donors (Lipinski definition) is 1. The molecule has 2 rings (SSSR count). The summed E-state index contributed by atoms with van der Waals surface area (Å²) in [4.78, 5) is 4.36. The first-order valence-electron chi connectivity index (χ1n) is 7.18. The average molecular weight is 286 g/mol. The van der Waals surface area contributed by atoms with Gasteiger partial charge in [-0.25, -0.2) is 4.98 Å². The molecule has 1 atom stereocenters. The van der Waals surface area contributed by atoms with E-state index in [1.54, 1.807) is 7.11 Å². The second-order valence-corrected chi connectivity index (χ2v) is 4.89. The van der Waals surface area contributed by atoms with Crippen LogP contribution in [0.3, 0.4) is 0 Å². The standard InChI is InChI=1S/C17H22N2O2/c1-4-18-13(2)15-8-9-17(19-11-15)21-16-7-5-6-14(10-16)12-20-3/h5-11,13,18H,4,12H2,1-3H3. The molecule has 0 saturated heterocycles. The molecular formula is C17H22N2O2. The van der Waals surface area contributed by atoms with Crippen molar-refractivity contribution in [3.8, 4) is 11.6 Å². The van der Waals surface area contributed by atoms with Gasteiger partial charge in [-0.15, -0.1) is 0 Å². The van der Waals surface area contributed by atoms with Crippen LogP contribution in [0.1, 0.15) is 31.0 Å². The third-order valence-corrected chi connectivity index (χ3v) is 3.20. The molecule has 0 aliphatic heterocycles. The van der Waals surface area contributed by atoms with Crippen molar-refractivity contribution < 1.29 is 9.47 Å². The van der Waals surface area contributed by atoms with E-state index in [9.17, 15) is 0 Å². The number of methoxy groups -OCH3 is 1. The van der Waals surface area contributed by atoms with Crippen molar-refractivity contribution in [2.24, 2.45) is 0 Å². The van der Waals surface area contributed by atoms with Gasteiger partial charge in [0.2, 0.25) is 5.88 Å². The van der Waals surface area contributed by atoms with Crippen molar-refractivity contribution in [1.29, 1.82) is 0 Å². The normalized spacial score (nSPS) is 12.1. The van der Waals surface area contributed by atoms with Crippen LogP contribution in [-0.2, 0) is 11.3 Å². The molecule has 21 heavy (non-hydrogen) atoms. The topological polar surface area (TPSA) is 43.4 Å². The quantitative estimate of drug-likeness (QED) is 0.843. The lowest BCUT2D eigenvalue weighted by atomic mass is 10.1. The Morgan fingerprint density at radius 2 is 2.10 bits per heavy atom. The highest BCUT2D eigenvalue weighted by molar-refractivity contribution is 5.32. The number of rotatable bonds is 7. The average Bonchev–Trinajstić information content (AvgIpc) is 2.49. The van der Waals surface area contributed by atoms with Crippen LogP contribution in [0.25, 0.3) is 0 Å². The SMILES string of the molecule is CCNC(C)c1ccc(Oc2cccc(COC)c2)nc1. The summed E-state index contributed by atoms with van der Waals surface area (Å²) in [6.07, 6.45) is 1.85. The summed E-state index contributed by atoms with van der Waals surface area (Å²) in [5.74, 6) is 1.36. The molecule has 0 aliphatic rings. The highest BCUT2D eigenvalue weighted by atomic mass is 16.5. The number of aromatic nitrogens is 1. The zero-order valence-corrected chi connectivity index (χ0v) is 12.8. The minimum atomic E-state index is 0.293. The summed E-state index contributed by atoms with van der Waals surface area (Å²) in [5.41, 5.74) is 2.23. The lowest BCUT2D eigenvalue weighted by Crippen LogP contribution is -2.17. The molecule has 1 aromatic heterocycles. The van der Waals surface area contributed by atoms with E-state index >= 15 is 0 Å². The lowest BCUT2D eigenvalue weighted by Gasteiger charge is -2.12. The maximum atomic E-state index is 5.77. The zero-order valence-electron chi connectivity index (χ0n) is 12.8. The Bertz CT molecular complexity index is 555. The Kier molecular flexibility index (Phi) is 5.72. The van der Waals surface area contributed by atoms with Gasteiger partial charge in [0.05, 0.1) is 6.61 Å². The molecule has 0 saturated carbocycles. The van der Waals surface area contributed by atoms with Gasteiger partial charge in [0.15, 0.2) is 0 Å². The second-order valence-electron chi connectivity index (χ2n) is 4.89. The summed E-state index contributed by atoms with van der Waals surface area (Å²) in [6.45, 7) is 5.72. The van der Waals surface area contributed by atoms with Crippen LogP contribution in [0.15, 0.2) is 42.6 Å². The van der Waals surface area contributed by atoms with Crippen LogP contribution in [0, 0.1) is 0 Å². The fraction of sp³-hybridized carbons (Fsp3) is 0.353. The third kappa shape index (κ3) is 4.55.